The summed E-state index contributed by atoms with van der Waals surface area (Å²) >= 11 is 7.10. The summed E-state index contributed by atoms with van der Waals surface area (Å²) in [7, 11) is -2.36. The SMILES string of the molecule is COc1ccc(C(=O)SCC(=O)O[C@@H](Cc2cc[nH+]cc2Cl)c2ccc(OC(F)F)c(OCC3CC3)c2)cc1N(CCN1CCOCC1)S(C)(=O)=O. The molecule has 2 aromatic carbocycles. The smallest absolute Gasteiger partial charge is 0.387 e. The van der Waals surface area contributed by atoms with Crippen molar-refractivity contribution in [2.75, 3.05) is 69.4 Å². The molecular weight excluding hydrogens is 744 g/mol. The largest absolute Gasteiger partial charge is 0.495 e. The number of benzene rings is 2. The van der Waals surface area contributed by atoms with Gasteiger partial charge in [-0.1, -0.05) is 29.4 Å². The molecule has 0 radical (unpaired) electrons. The lowest BCUT2D eigenvalue weighted by Gasteiger charge is -2.30. The standard InChI is InChI=1S/C35H40ClF2N3O9S2/c1-46-29-7-6-26(17-28(29)41(52(2,44)45)12-11-40-13-15-47-16-14-40)34(43)51-22-33(42)49-31(18-24-9-10-39-20-27(24)36)25-5-8-30(50-35(37)38)32(19-25)48-21-23-3-4-23/h5-10,17,19-20,23,31,35H,3-4,11-16,18,21-22H2,1-2H3/p+1/t31-/m0/s1. The van der Waals surface area contributed by atoms with E-state index in [0.717, 1.165) is 19.1 Å². The molecule has 2 fully saturated rings. The molecule has 1 atom stereocenters. The zero-order chi connectivity index (χ0) is 37.3. The Balaban J connectivity index is 1.31. The molecule has 1 aliphatic heterocycles. The van der Waals surface area contributed by atoms with Gasteiger partial charge in [-0.3, -0.25) is 18.8 Å². The molecule has 1 saturated heterocycles. The maximum absolute atomic E-state index is 13.4. The lowest BCUT2D eigenvalue weighted by Crippen LogP contribution is -2.43. The number of sulfonamides is 1. The first-order valence-electron chi connectivity index (χ1n) is 16.6. The Morgan fingerprint density at radius 2 is 1.85 bits per heavy atom. The lowest BCUT2D eigenvalue weighted by atomic mass is 10.0. The van der Waals surface area contributed by atoms with E-state index >= 15 is 0 Å². The summed E-state index contributed by atoms with van der Waals surface area (Å²) in [6, 6.07) is 10.5. The number of alkyl halides is 2. The molecule has 0 bridgehead atoms. The van der Waals surface area contributed by atoms with E-state index in [9.17, 15) is 26.8 Å². The van der Waals surface area contributed by atoms with Crippen LogP contribution in [0.1, 0.15) is 40.4 Å². The maximum atomic E-state index is 13.4. The van der Waals surface area contributed by atoms with Gasteiger partial charge >= 0.3 is 12.6 Å². The highest BCUT2D eigenvalue weighted by atomic mass is 35.5. The third-order valence-electron chi connectivity index (χ3n) is 8.43. The second-order valence-corrected chi connectivity index (χ2v) is 15.6. The van der Waals surface area contributed by atoms with Gasteiger partial charge in [0.15, 0.2) is 23.9 Å². The van der Waals surface area contributed by atoms with Crippen molar-refractivity contribution in [2.45, 2.75) is 32.0 Å². The van der Waals surface area contributed by atoms with Crippen LogP contribution in [0.25, 0.3) is 0 Å². The van der Waals surface area contributed by atoms with Gasteiger partial charge < -0.3 is 23.7 Å². The summed E-state index contributed by atoms with van der Waals surface area (Å²) < 4.78 is 80.6. The number of thioether (sulfide) groups is 1. The summed E-state index contributed by atoms with van der Waals surface area (Å²) in [6.45, 7) is 0.296. The second-order valence-electron chi connectivity index (χ2n) is 12.3. The van der Waals surface area contributed by atoms with Crippen LogP contribution >= 0.6 is 23.4 Å². The lowest BCUT2D eigenvalue weighted by molar-refractivity contribution is -0.378. The molecule has 12 nitrogen and oxygen atoms in total. The van der Waals surface area contributed by atoms with Gasteiger partial charge in [-0.25, -0.2) is 13.4 Å². The van der Waals surface area contributed by atoms with Gasteiger partial charge in [0.25, 0.3) is 0 Å². The van der Waals surface area contributed by atoms with Crippen LogP contribution in [0.4, 0.5) is 14.5 Å². The van der Waals surface area contributed by atoms with Gasteiger partial charge in [0, 0.05) is 44.2 Å². The van der Waals surface area contributed by atoms with Crippen molar-refractivity contribution in [3.63, 3.8) is 0 Å². The first kappa shape index (κ1) is 39.5. The molecule has 52 heavy (non-hydrogen) atoms. The number of rotatable bonds is 18. The predicted molar refractivity (Wildman–Crippen MR) is 191 cm³/mol. The molecule has 5 rings (SSSR count). The van der Waals surface area contributed by atoms with Gasteiger partial charge in [0.2, 0.25) is 15.1 Å². The first-order valence-corrected chi connectivity index (χ1v) is 19.8. The third-order valence-corrected chi connectivity index (χ3v) is 10.8. The number of esters is 1. The van der Waals surface area contributed by atoms with E-state index < -0.39 is 33.8 Å². The van der Waals surface area contributed by atoms with Crippen LogP contribution < -0.4 is 23.5 Å². The number of aromatic nitrogens is 1. The van der Waals surface area contributed by atoms with E-state index in [4.69, 9.17) is 30.5 Å². The fraction of sp³-hybridized carbons (Fsp3) is 0.457. The van der Waals surface area contributed by atoms with Crippen LogP contribution in [0, 0.1) is 5.92 Å². The fourth-order valence-corrected chi connectivity index (χ4v) is 7.22. The number of carbonyl (C=O) groups excluding carboxylic acids is 2. The Hall–Kier alpha value is -3.70. The van der Waals surface area contributed by atoms with Crippen LogP contribution in [-0.4, -0.2) is 96.1 Å². The van der Waals surface area contributed by atoms with Crippen molar-refractivity contribution in [3.05, 3.63) is 76.6 Å². The Labute approximate surface area is 310 Å². The van der Waals surface area contributed by atoms with E-state index in [1.54, 1.807) is 18.5 Å². The van der Waals surface area contributed by atoms with E-state index in [1.165, 1.54) is 47.8 Å². The second kappa shape index (κ2) is 18.4. The quantitative estimate of drug-likeness (QED) is 0.161. The molecule has 1 saturated carbocycles. The third kappa shape index (κ3) is 11.4. The Morgan fingerprint density at radius 1 is 1.10 bits per heavy atom. The van der Waals surface area contributed by atoms with Gasteiger partial charge in [0.05, 0.1) is 44.6 Å². The van der Waals surface area contributed by atoms with Gasteiger partial charge in [-0.15, -0.1) is 0 Å². The fourth-order valence-electron chi connectivity index (χ4n) is 5.49. The number of nitrogens with zero attached hydrogens (tertiary/aromatic N) is 2. The van der Waals surface area contributed by atoms with Crippen molar-refractivity contribution in [2.24, 2.45) is 5.92 Å². The molecule has 2 heterocycles. The average Bonchev–Trinajstić information content (AvgIpc) is 3.95. The maximum Gasteiger partial charge on any atom is 0.387 e. The Bertz CT molecular complexity index is 1810. The summed E-state index contributed by atoms with van der Waals surface area (Å²) in [6.07, 6.45) is 5.47. The van der Waals surface area contributed by atoms with E-state index in [0.29, 0.717) is 73.3 Å². The normalized spacial score (nSPS) is 15.6. The van der Waals surface area contributed by atoms with Gasteiger partial charge in [-0.05, 0) is 60.2 Å². The van der Waals surface area contributed by atoms with Crippen LogP contribution in [-0.2, 0) is 30.7 Å². The number of H-pyrrole nitrogens is 1. The molecule has 0 unspecified atom stereocenters. The van der Waals surface area contributed by atoms with Gasteiger partial charge in [-0.2, -0.15) is 8.78 Å². The summed E-state index contributed by atoms with van der Waals surface area (Å²) in [5, 5.41) is -0.107. The first-order chi connectivity index (χ1) is 24.9. The minimum atomic E-state index is -3.77. The van der Waals surface area contributed by atoms with E-state index in [-0.39, 0.29) is 47.2 Å². The number of morpholine rings is 1. The highest BCUT2D eigenvalue weighted by Gasteiger charge is 2.27. The Kier molecular flexibility index (Phi) is 14.0. The van der Waals surface area contributed by atoms with E-state index in [1.807, 2.05) is 0 Å². The van der Waals surface area contributed by atoms with Crippen molar-refractivity contribution < 1.29 is 55.5 Å². The Morgan fingerprint density at radius 3 is 2.52 bits per heavy atom. The topological polar surface area (TPSA) is 135 Å². The molecule has 1 aliphatic carbocycles. The van der Waals surface area contributed by atoms with Crippen molar-refractivity contribution in [1.82, 2.24) is 4.90 Å². The number of halogens is 3. The molecule has 1 aromatic heterocycles. The van der Waals surface area contributed by atoms with E-state index in [2.05, 4.69) is 14.6 Å². The highest BCUT2D eigenvalue weighted by Crippen LogP contribution is 2.37. The van der Waals surface area contributed by atoms with Crippen molar-refractivity contribution in [3.8, 4) is 17.2 Å². The molecule has 0 amide bonds. The zero-order valence-electron chi connectivity index (χ0n) is 28.7. The number of pyridine rings is 1. The van der Waals surface area contributed by atoms with Crippen molar-refractivity contribution in [1.29, 1.82) is 0 Å². The molecule has 17 heteroatoms. The van der Waals surface area contributed by atoms with Crippen LogP contribution in [0.2, 0.25) is 5.02 Å². The molecule has 3 aromatic rings. The molecule has 1 N–H and O–H groups in total. The molecule has 2 aliphatic rings. The number of ether oxygens (including phenoxy) is 5. The minimum Gasteiger partial charge on any atom is -0.495 e. The van der Waals surface area contributed by atoms with Crippen molar-refractivity contribution >= 4 is 50.2 Å². The molecule has 0 spiro atoms. The number of carbonyl (C=O) groups is 2. The monoisotopic (exact) mass is 784 g/mol. The zero-order valence-corrected chi connectivity index (χ0v) is 31.1. The number of hydrogen-bond acceptors (Lipinski definition) is 11. The predicted octanol–water partition coefficient (Wildman–Crippen LogP) is 5.05. The number of methoxy groups -OCH3 is 1. The number of aromatic amines is 1. The summed E-state index contributed by atoms with van der Waals surface area (Å²) in [5.41, 5.74) is 1.44. The van der Waals surface area contributed by atoms with Crippen LogP contribution in [0.15, 0.2) is 54.9 Å². The number of nitrogens with one attached hydrogen (secondary N) is 1. The molecule has 282 valence electrons. The summed E-state index contributed by atoms with van der Waals surface area (Å²) in [4.78, 5) is 31.6. The average molecular weight is 785 g/mol. The molecular formula is C35H41ClF2N3O9S2+. The highest BCUT2D eigenvalue weighted by molar-refractivity contribution is 8.14. The van der Waals surface area contributed by atoms with Gasteiger partial charge in [0.1, 0.15) is 16.9 Å². The minimum absolute atomic E-state index is 0.0891. The number of anilines is 1. The van der Waals surface area contributed by atoms with Crippen LogP contribution in [0.5, 0.6) is 17.2 Å². The van der Waals surface area contributed by atoms with Crippen LogP contribution in [0.3, 0.4) is 0 Å². The number of hydrogen-bond donors (Lipinski definition) is 0. The summed E-state index contributed by atoms with van der Waals surface area (Å²) in [5.74, 6) is -0.570.